The van der Waals surface area contributed by atoms with Gasteiger partial charge in [0.05, 0.1) is 13.2 Å². The number of rotatable bonds is 3. The monoisotopic (exact) mass is 155 g/mol. The maximum atomic E-state index is 10.3. The standard InChI is InChI=1S/C7H9NO3/c1-2-7(4-10-5-7)11-3-6(8)9/h1H,3-5H2,(H2,8,9). The summed E-state index contributed by atoms with van der Waals surface area (Å²) in [6, 6.07) is 0. The molecule has 1 fully saturated rings. The van der Waals surface area contributed by atoms with Crippen LogP contribution in [0.15, 0.2) is 0 Å². The van der Waals surface area contributed by atoms with Crippen LogP contribution < -0.4 is 5.73 Å². The average molecular weight is 155 g/mol. The van der Waals surface area contributed by atoms with E-state index in [1.165, 1.54) is 0 Å². The van der Waals surface area contributed by atoms with Gasteiger partial charge >= 0.3 is 0 Å². The SMILES string of the molecule is C#CC1(OCC(N)=O)COC1. The predicted molar refractivity (Wildman–Crippen MR) is 37.5 cm³/mol. The first kappa shape index (κ1) is 8.05. The third kappa shape index (κ3) is 1.70. The predicted octanol–water partition coefficient (Wildman–Crippen LogP) is -1.11. The smallest absolute Gasteiger partial charge is 0.243 e. The van der Waals surface area contributed by atoms with Crippen LogP contribution >= 0.6 is 0 Å². The third-order valence-electron chi connectivity index (χ3n) is 1.42. The van der Waals surface area contributed by atoms with Gasteiger partial charge in [0.1, 0.15) is 6.61 Å². The van der Waals surface area contributed by atoms with Gasteiger partial charge in [-0.2, -0.15) is 0 Å². The summed E-state index contributed by atoms with van der Waals surface area (Å²) in [5, 5.41) is 0. The summed E-state index contributed by atoms with van der Waals surface area (Å²) < 4.78 is 9.88. The van der Waals surface area contributed by atoms with Gasteiger partial charge in [-0.15, -0.1) is 6.42 Å². The maximum Gasteiger partial charge on any atom is 0.243 e. The van der Waals surface area contributed by atoms with Crippen LogP contribution in [0.25, 0.3) is 0 Å². The highest BCUT2D eigenvalue weighted by atomic mass is 16.6. The topological polar surface area (TPSA) is 61.5 Å². The Kier molecular flexibility index (Phi) is 2.13. The lowest BCUT2D eigenvalue weighted by atomic mass is 10.0. The highest BCUT2D eigenvalue weighted by Gasteiger charge is 2.38. The van der Waals surface area contributed by atoms with E-state index in [0.717, 1.165) is 0 Å². The van der Waals surface area contributed by atoms with Gasteiger partial charge in [0.25, 0.3) is 0 Å². The van der Waals surface area contributed by atoms with Crippen LogP contribution in [0.5, 0.6) is 0 Å². The summed E-state index contributed by atoms with van der Waals surface area (Å²) in [5.41, 5.74) is 4.16. The third-order valence-corrected chi connectivity index (χ3v) is 1.42. The molecule has 1 aliphatic rings. The van der Waals surface area contributed by atoms with Crippen molar-refractivity contribution in [3.8, 4) is 12.3 Å². The Morgan fingerprint density at radius 2 is 2.45 bits per heavy atom. The van der Waals surface area contributed by atoms with Crippen molar-refractivity contribution in [2.75, 3.05) is 19.8 Å². The number of terminal acetylenes is 1. The molecule has 0 atom stereocenters. The number of hydrogen-bond acceptors (Lipinski definition) is 3. The van der Waals surface area contributed by atoms with E-state index >= 15 is 0 Å². The van der Waals surface area contributed by atoms with Crippen LogP contribution in [-0.4, -0.2) is 31.3 Å². The molecule has 0 aromatic heterocycles. The Hall–Kier alpha value is -1.05. The Balaban J connectivity index is 2.35. The van der Waals surface area contributed by atoms with Gasteiger partial charge in [-0.05, 0) is 0 Å². The quantitative estimate of drug-likeness (QED) is 0.526. The van der Waals surface area contributed by atoms with E-state index in [2.05, 4.69) is 5.92 Å². The highest BCUT2D eigenvalue weighted by Crippen LogP contribution is 2.19. The van der Waals surface area contributed by atoms with Crippen LogP contribution in [-0.2, 0) is 14.3 Å². The minimum Gasteiger partial charge on any atom is -0.373 e. The molecular weight excluding hydrogens is 146 g/mol. The summed E-state index contributed by atoms with van der Waals surface area (Å²) in [4.78, 5) is 10.3. The van der Waals surface area contributed by atoms with Crippen LogP contribution in [0, 0.1) is 12.3 Å². The van der Waals surface area contributed by atoms with Gasteiger partial charge in [-0.1, -0.05) is 5.92 Å². The van der Waals surface area contributed by atoms with Gasteiger partial charge in [0, 0.05) is 0 Å². The number of ether oxygens (including phenoxy) is 2. The normalized spacial score (nSPS) is 19.9. The molecule has 0 aromatic rings. The highest BCUT2D eigenvalue weighted by molar-refractivity contribution is 5.75. The average Bonchev–Trinajstić information content (AvgIpc) is 1.86. The van der Waals surface area contributed by atoms with Crippen molar-refractivity contribution in [2.45, 2.75) is 5.60 Å². The molecule has 0 bridgehead atoms. The Labute approximate surface area is 64.7 Å². The molecule has 0 unspecified atom stereocenters. The molecule has 1 amide bonds. The van der Waals surface area contributed by atoms with Gasteiger partial charge < -0.3 is 15.2 Å². The van der Waals surface area contributed by atoms with Gasteiger partial charge in [0.2, 0.25) is 5.91 Å². The van der Waals surface area contributed by atoms with Crippen molar-refractivity contribution in [2.24, 2.45) is 5.73 Å². The van der Waals surface area contributed by atoms with E-state index in [1.807, 2.05) is 0 Å². The number of primary amides is 1. The van der Waals surface area contributed by atoms with Crippen molar-refractivity contribution in [3.63, 3.8) is 0 Å². The Morgan fingerprint density at radius 1 is 1.82 bits per heavy atom. The van der Waals surface area contributed by atoms with E-state index in [0.29, 0.717) is 13.2 Å². The van der Waals surface area contributed by atoms with Crippen LogP contribution in [0.3, 0.4) is 0 Å². The van der Waals surface area contributed by atoms with Crippen LogP contribution in [0.4, 0.5) is 0 Å². The molecule has 0 spiro atoms. The van der Waals surface area contributed by atoms with E-state index < -0.39 is 11.5 Å². The zero-order valence-corrected chi connectivity index (χ0v) is 6.00. The molecule has 1 rings (SSSR count). The molecule has 0 aliphatic carbocycles. The van der Waals surface area contributed by atoms with Crippen LogP contribution in [0.2, 0.25) is 0 Å². The second-order valence-electron chi connectivity index (χ2n) is 2.39. The lowest BCUT2D eigenvalue weighted by molar-refractivity contribution is -0.178. The Morgan fingerprint density at radius 3 is 2.73 bits per heavy atom. The summed E-state index contributed by atoms with van der Waals surface area (Å²) in [6.07, 6.45) is 5.15. The first-order chi connectivity index (χ1) is 5.18. The van der Waals surface area contributed by atoms with Crippen molar-refractivity contribution >= 4 is 5.91 Å². The molecule has 60 valence electrons. The molecule has 1 heterocycles. The molecule has 0 aromatic carbocycles. The molecule has 4 heteroatoms. The van der Waals surface area contributed by atoms with Gasteiger partial charge in [0.15, 0.2) is 5.60 Å². The molecule has 1 saturated heterocycles. The summed E-state index contributed by atoms with van der Waals surface area (Å²) in [6.45, 7) is 0.543. The lowest BCUT2D eigenvalue weighted by Crippen LogP contribution is -2.51. The molecule has 1 aliphatic heterocycles. The van der Waals surface area contributed by atoms with E-state index in [4.69, 9.17) is 21.6 Å². The largest absolute Gasteiger partial charge is 0.373 e. The van der Waals surface area contributed by atoms with Gasteiger partial charge in [-0.25, -0.2) is 0 Å². The maximum absolute atomic E-state index is 10.3. The van der Waals surface area contributed by atoms with Crippen molar-refractivity contribution in [1.82, 2.24) is 0 Å². The zero-order valence-electron chi connectivity index (χ0n) is 6.00. The van der Waals surface area contributed by atoms with Crippen molar-refractivity contribution < 1.29 is 14.3 Å². The molecule has 0 saturated carbocycles. The molecule has 11 heavy (non-hydrogen) atoms. The number of carbonyl (C=O) groups is 1. The summed E-state index contributed by atoms with van der Waals surface area (Å²) >= 11 is 0. The molecule has 2 N–H and O–H groups in total. The van der Waals surface area contributed by atoms with E-state index in [-0.39, 0.29) is 6.61 Å². The molecule has 4 nitrogen and oxygen atoms in total. The second-order valence-corrected chi connectivity index (χ2v) is 2.39. The van der Waals surface area contributed by atoms with Crippen LogP contribution in [0.1, 0.15) is 0 Å². The molecule has 0 radical (unpaired) electrons. The van der Waals surface area contributed by atoms with Crippen molar-refractivity contribution in [3.05, 3.63) is 0 Å². The fraction of sp³-hybridized carbons (Fsp3) is 0.571. The summed E-state index contributed by atoms with van der Waals surface area (Å²) in [7, 11) is 0. The number of hydrogen-bond donors (Lipinski definition) is 1. The zero-order chi connectivity index (χ0) is 8.32. The van der Waals surface area contributed by atoms with Crippen molar-refractivity contribution in [1.29, 1.82) is 0 Å². The van der Waals surface area contributed by atoms with E-state index in [9.17, 15) is 4.79 Å². The first-order valence-corrected chi connectivity index (χ1v) is 3.16. The second kappa shape index (κ2) is 2.91. The number of carbonyl (C=O) groups excluding carboxylic acids is 1. The minimum atomic E-state index is -0.699. The summed E-state index contributed by atoms with van der Waals surface area (Å²) in [5.74, 6) is 1.89. The fourth-order valence-corrected chi connectivity index (χ4v) is 0.705. The van der Waals surface area contributed by atoms with Gasteiger partial charge in [-0.3, -0.25) is 4.79 Å². The number of amides is 1. The number of nitrogens with two attached hydrogens (primary N) is 1. The minimum absolute atomic E-state index is 0.145. The fourth-order valence-electron chi connectivity index (χ4n) is 0.705. The van der Waals surface area contributed by atoms with E-state index in [1.54, 1.807) is 0 Å². The Bertz CT molecular complexity index is 202. The lowest BCUT2D eigenvalue weighted by Gasteiger charge is -2.35. The first-order valence-electron chi connectivity index (χ1n) is 3.16. The molecular formula is C7H9NO3.